The molecule has 0 aromatic carbocycles. The van der Waals surface area contributed by atoms with Crippen LogP contribution in [0.25, 0.3) is 0 Å². The van der Waals surface area contributed by atoms with Crippen LogP contribution in [0.15, 0.2) is 158 Å². The van der Waals surface area contributed by atoms with Crippen molar-refractivity contribution in [3.05, 3.63) is 158 Å². The number of likely N-dealkylation sites (N-methyl/N-ethyl adjacent to an activating group) is 1. The highest BCUT2D eigenvalue weighted by molar-refractivity contribution is 7.47. The van der Waals surface area contributed by atoms with E-state index in [1.54, 1.807) is 0 Å². The third kappa shape index (κ3) is 66.8. The zero-order chi connectivity index (χ0) is 61.2. The molecule has 10 heteroatoms. The van der Waals surface area contributed by atoms with Gasteiger partial charge in [0, 0.05) is 12.8 Å². The number of allylic oxidation sites excluding steroid dienone is 26. The fraction of sp³-hybridized carbons (Fsp3) is 0.622. The molecule has 0 saturated carbocycles. The second-order valence-electron chi connectivity index (χ2n) is 22.7. The van der Waals surface area contributed by atoms with Crippen LogP contribution in [0.4, 0.5) is 0 Å². The Morgan fingerprint density at radius 1 is 0.369 bits per heavy atom. The lowest BCUT2D eigenvalue weighted by Crippen LogP contribution is -2.37. The molecule has 0 rings (SSSR count). The van der Waals surface area contributed by atoms with Gasteiger partial charge in [0.25, 0.3) is 0 Å². The Hall–Kier alpha value is -4.37. The number of ether oxygens (including phenoxy) is 2. The van der Waals surface area contributed by atoms with Gasteiger partial charge in [0.15, 0.2) is 6.10 Å². The first-order chi connectivity index (χ1) is 41.0. The Labute approximate surface area is 516 Å². The minimum absolute atomic E-state index is 0.0214. The van der Waals surface area contributed by atoms with E-state index in [-0.39, 0.29) is 32.0 Å². The Balaban J connectivity index is 4.16. The van der Waals surface area contributed by atoms with Gasteiger partial charge in [0.1, 0.15) is 19.8 Å². The molecule has 1 N–H and O–H groups in total. The van der Waals surface area contributed by atoms with Crippen LogP contribution < -0.4 is 0 Å². The van der Waals surface area contributed by atoms with Gasteiger partial charge in [-0.15, -0.1) is 0 Å². The summed E-state index contributed by atoms with van der Waals surface area (Å²) in [6, 6.07) is 0. The molecule has 84 heavy (non-hydrogen) atoms. The number of unbranched alkanes of at least 4 members (excludes halogenated alkanes) is 19. The molecule has 0 amide bonds. The van der Waals surface area contributed by atoms with E-state index in [4.69, 9.17) is 18.5 Å². The predicted octanol–water partition coefficient (Wildman–Crippen LogP) is 21.6. The summed E-state index contributed by atoms with van der Waals surface area (Å²) >= 11 is 0. The summed E-state index contributed by atoms with van der Waals surface area (Å²) in [7, 11) is 1.45. The maximum atomic E-state index is 12.9. The third-order valence-electron chi connectivity index (χ3n) is 13.6. The first-order valence-corrected chi connectivity index (χ1v) is 34.7. The van der Waals surface area contributed by atoms with Crippen molar-refractivity contribution in [3.8, 4) is 0 Å². The molecule has 0 saturated heterocycles. The van der Waals surface area contributed by atoms with Crippen LogP contribution in [0.3, 0.4) is 0 Å². The van der Waals surface area contributed by atoms with Gasteiger partial charge in [-0.3, -0.25) is 18.6 Å². The van der Waals surface area contributed by atoms with Gasteiger partial charge < -0.3 is 18.9 Å². The van der Waals surface area contributed by atoms with Crippen molar-refractivity contribution in [3.63, 3.8) is 0 Å². The average Bonchev–Trinajstić information content (AvgIpc) is 3.61. The summed E-state index contributed by atoms with van der Waals surface area (Å²) in [5.74, 6) is -0.819. The number of phosphoric acid groups is 1. The lowest BCUT2D eigenvalue weighted by atomic mass is 10.0. The topological polar surface area (TPSA) is 108 Å². The molecule has 2 unspecified atom stereocenters. The molecule has 0 aliphatic carbocycles. The number of phosphoric ester groups is 1. The third-order valence-corrected chi connectivity index (χ3v) is 14.5. The molecule has 0 spiro atoms. The van der Waals surface area contributed by atoms with Crippen molar-refractivity contribution in [1.29, 1.82) is 0 Å². The summed E-state index contributed by atoms with van der Waals surface area (Å²) in [4.78, 5) is 35.8. The lowest BCUT2D eigenvalue weighted by Gasteiger charge is -2.24. The normalized spacial score (nSPS) is 14.2. The van der Waals surface area contributed by atoms with E-state index in [1.807, 2.05) is 21.1 Å². The molecule has 9 nitrogen and oxygen atoms in total. The van der Waals surface area contributed by atoms with Crippen LogP contribution >= 0.6 is 7.82 Å². The number of rotatable bonds is 59. The van der Waals surface area contributed by atoms with E-state index in [0.717, 1.165) is 141 Å². The number of carbonyl (C=O) groups is 2. The van der Waals surface area contributed by atoms with Crippen LogP contribution in [0.2, 0.25) is 0 Å². The van der Waals surface area contributed by atoms with Crippen molar-refractivity contribution in [2.45, 2.75) is 251 Å². The number of quaternary nitrogens is 1. The highest BCUT2D eigenvalue weighted by Gasteiger charge is 2.27. The minimum Gasteiger partial charge on any atom is -0.462 e. The second kappa shape index (κ2) is 63.1. The van der Waals surface area contributed by atoms with E-state index >= 15 is 0 Å². The fourth-order valence-electron chi connectivity index (χ4n) is 8.53. The van der Waals surface area contributed by atoms with Crippen molar-refractivity contribution < 1.29 is 42.1 Å². The number of hydrogen-bond donors (Lipinski definition) is 1. The highest BCUT2D eigenvalue weighted by atomic mass is 31.2. The molecule has 0 heterocycles. The molecule has 2 atom stereocenters. The largest absolute Gasteiger partial charge is 0.472 e. The Bertz CT molecular complexity index is 1970. The lowest BCUT2D eigenvalue weighted by molar-refractivity contribution is -0.870. The summed E-state index contributed by atoms with van der Waals surface area (Å²) in [5, 5.41) is 0. The van der Waals surface area contributed by atoms with Crippen molar-refractivity contribution in [2.75, 3.05) is 47.5 Å². The number of esters is 2. The van der Waals surface area contributed by atoms with Gasteiger partial charge in [-0.25, -0.2) is 4.57 Å². The zero-order valence-electron chi connectivity index (χ0n) is 54.1. The van der Waals surface area contributed by atoms with Crippen LogP contribution in [0.5, 0.6) is 0 Å². The smallest absolute Gasteiger partial charge is 0.462 e. The van der Waals surface area contributed by atoms with E-state index in [2.05, 4.69) is 172 Å². The average molecular weight is 1190 g/mol. The van der Waals surface area contributed by atoms with Gasteiger partial charge in [-0.2, -0.15) is 0 Å². The monoisotopic (exact) mass is 1180 g/mol. The summed E-state index contributed by atoms with van der Waals surface area (Å²) < 4.78 is 34.7. The van der Waals surface area contributed by atoms with Gasteiger partial charge in [0.05, 0.1) is 27.7 Å². The summed E-state index contributed by atoms with van der Waals surface area (Å²) in [6.45, 7) is 4.18. The molecular formula is C74H123NO8P+. The van der Waals surface area contributed by atoms with Crippen molar-refractivity contribution >= 4 is 19.8 Å². The van der Waals surface area contributed by atoms with Gasteiger partial charge >= 0.3 is 19.8 Å². The van der Waals surface area contributed by atoms with E-state index < -0.39 is 26.5 Å². The SMILES string of the molecule is CC/C=C\C/C=C\C/C=C\C/C=C\C/C=C\C/C=C\C/C=C\CCCCCCCCCCCCCC(=O)OC(COC(=O)CCCCCCCCCC/C=C\C/C=C\C/C=C\C/C=C\C/C=C\C/C=C\CC)COP(=O)(O)OCC[N+](C)(C)C. The number of nitrogens with zero attached hydrogens (tertiary/aromatic N) is 1. The minimum atomic E-state index is -4.41. The van der Waals surface area contributed by atoms with Gasteiger partial charge in [-0.1, -0.05) is 268 Å². The van der Waals surface area contributed by atoms with Crippen LogP contribution in [-0.2, 0) is 32.7 Å². The molecule has 0 aliphatic heterocycles. The van der Waals surface area contributed by atoms with E-state index in [9.17, 15) is 19.0 Å². The highest BCUT2D eigenvalue weighted by Crippen LogP contribution is 2.43. The Morgan fingerprint density at radius 2 is 0.643 bits per heavy atom. The molecule has 0 aliphatic rings. The summed E-state index contributed by atoms with van der Waals surface area (Å²) in [5.41, 5.74) is 0. The van der Waals surface area contributed by atoms with Gasteiger partial charge in [0.2, 0.25) is 0 Å². The fourth-order valence-corrected chi connectivity index (χ4v) is 9.27. The van der Waals surface area contributed by atoms with E-state index in [1.165, 1.54) is 70.6 Å². The molecule has 0 radical (unpaired) electrons. The molecule has 0 bridgehead atoms. The molecule has 0 fully saturated rings. The number of carbonyl (C=O) groups excluding carboxylic acids is 2. The molecule has 0 aromatic heterocycles. The molecular weight excluding hydrogens is 1060 g/mol. The van der Waals surface area contributed by atoms with Crippen molar-refractivity contribution in [1.82, 2.24) is 0 Å². The van der Waals surface area contributed by atoms with Crippen LogP contribution in [0.1, 0.15) is 245 Å². The van der Waals surface area contributed by atoms with E-state index in [0.29, 0.717) is 17.4 Å². The molecule has 0 aromatic rings. The maximum absolute atomic E-state index is 12.9. The quantitative estimate of drug-likeness (QED) is 0.0211. The Kier molecular flexibility index (Phi) is 59.9. The van der Waals surface area contributed by atoms with Crippen LogP contribution in [0, 0.1) is 0 Å². The zero-order valence-corrected chi connectivity index (χ0v) is 55.0. The first-order valence-electron chi connectivity index (χ1n) is 33.2. The second-order valence-corrected chi connectivity index (χ2v) is 24.2. The number of hydrogen-bond acceptors (Lipinski definition) is 7. The summed E-state index contributed by atoms with van der Waals surface area (Å²) in [6.07, 6.45) is 94.6. The van der Waals surface area contributed by atoms with Crippen LogP contribution in [-0.4, -0.2) is 74.9 Å². The standard InChI is InChI=1S/C74H122NO8P/c1-6-8-10-12-14-16-18-20-22-24-26-28-30-32-34-35-36-37-38-39-41-43-45-47-49-51-53-55-57-59-61-63-65-67-74(77)83-72(71-82-84(78,79)81-69-68-75(3,4)5)70-80-73(76)66-64-62-60-58-56-54-52-50-48-46-44-42-40-33-31-29-27-25-23-21-19-17-15-13-11-9-7-2/h8-11,14-17,20-23,26-29,32-34,36-37,39-41,44,46,72H,6-7,12-13,18-19,24-25,30-31,35,38,42-43,45,47-71H2,1-5H3/p+1/b10-8-,11-9-,16-14-,17-15-,22-20-,23-21-,28-26-,29-27-,34-32-,37-36-,40-33-,41-39-,46-44-. The predicted molar refractivity (Wildman–Crippen MR) is 362 cm³/mol. The first kappa shape index (κ1) is 79.6. The van der Waals surface area contributed by atoms with Crippen molar-refractivity contribution in [2.24, 2.45) is 0 Å². The maximum Gasteiger partial charge on any atom is 0.472 e. The van der Waals surface area contributed by atoms with Gasteiger partial charge in [-0.05, 0) is 122 Å². The Morgan fingerprint density at radius 3 is 0.952 bits per heavy atom. The molecule has 476 valence electrons.